The lowest BCUT2D eigenvalue weighted by Gasteiger charge is -2.14. The Morgan fingerprint density at radius 2 is 1.57 bits per heavy atom. The molecule has 7 heteroatoms. The number of ether oxygens (including phenoxy) is 2. The lowest BCUT2D eigenvalue weighted by molar-refractivity contribution is -0.122. The van der Waals surface area contributed by atoms with E-state index in [1.165, 1.54) is 19.2 Å². The molecule has 0 saturated heterocycles. The van der Waals surface area contributed by atoms with Gasteiger partial charge >= 0.3 is 5.97 Å². The lowest BCUT2D eigenvalue weighted by atomic mass is 10.1. The fraction of sp³-hybridized carbons (Fsp3) is 0.143. The van der Waals surface area contributed by atoms with E-state index < -0.39 is 12.1 Å². The van der Waals surface area contributed by atoms with E-state index in [-0.39, 0.29) is 17.4 Å². The molecule has 1 atom stereocenters. The molecule has 0 aliphatic rings. The van der Waals surface area contributed by atoms with Gasteiger partial charge in [-0.25, -0.2) is 4.79 Å². The summed E-state index contributed by atoms with van der Waals surface area (Å²) in [7, 11) is 1.26. The van der Waals surface area contributed by atoms with Crippen molar-refractivity contribution in [2.45, 2.75) is 13.0 Å². The first kappa shape index (κ1) is 19.0. The third-order valence-electron chi connectivity index (χ3n) is 3.95. The molecule has 2 aromatic carbocycles. The van der Waals surface area contributed by atoms with Gasteiger partial charge in [0.1, 0.15) is 5.75 Å². The van der Waals surface area contributed by atoms with Gasteiger partial charge in [0, 0.05) is 0 Å². The summed E-state index contributed by atoms with van der Waals surface area (Å²) in [5.74, 6) is -0.185. The molecule has 1 amide bonds. The van der Waals surface area contributed by atoms with Gasteiger partial charge in [-0.1, -0.05) is 42.5 Å². The van der Waals surface area contributed by atoms with Crippen molar-refractivity contribution in [1.29, 1.82) is 0 Å². The molecular formula is C21H19N3O4. The molecule has 0 spiro atoms. The highest BCUT2D eigenvalue weighted by atomic mass is 16.5. The van der Waals surface area contributed by atoms with Crippen molar-refractivity contribution in [3.63, 3.8) is 0 Å². The predicted octanol–water partition coefficient (Wildman–Crippen LogP) is 3.34. The van der Waals surface area contributed by atoms with Crippen LogP contribution in [0, 0.1) is 0 Å². The van der Waals surface area contributed by atoms with E-state index in [1.54, 1.807) is 6.92 Å². The molecule has 1 N–H and O–H groups in total. The maximum atomic E-state index is 12.3. The van der Waals surface area contributed by atoms with Gasteiger partial charge in [0.05, 0.1) is 7.11 Å². The number of carbonyl (C=O) groups excluding carboxylic acids is 2. The summed E-state index contributed by atoms with van der Waals surface area (Å²) < 4.78 is 10.2. The fourth-order valence-electron chi connectivity index (χ4n) is 2.45. The maximum absolute atomic E-state index is 12.3. The number of esters is 1. The van der Waals surface area contributed by atoms with Crippen molar-refractivity contribution in [1.82, 2.24) is 10.2 Å². The summed E-state index contributed by atoms with van der Waals surface area (Å²) in [6.07, 6.45) is -0.746. The number of carbonyl (C=O) groups is 2. The van der Waals surface area contributed by atoms with E-state index in [9.17, 15) is 9.59 Å². The van der Waals surface area contributed by atoms with Crippen molar-refractivity contribution in [2.24, 2.45) is 0 Å². The highest BCUT2D eigenvalue weighted by molar-refractivity contribution is 5.93. The normalized spacial score (nSPS) is 11.4. The Bertz CT molecular complexity index is 942. The molecule has 0 aliphatic heterocycles. The highest BCUT2D eigenvalue weighted by Gasteiger charge is 2.16. The van der Waals surface area contributed by atoms with Crippen molar-refractivity contribution in [2.75, 3.05) is 12.4 Å². The summed E-state index contributed by atoms with van der Waals surface area (Å²) in [5, 5.41) is 10.1. The number of amides is 1. The monoisotopic (exact) mass is 377 g/mol. The number of hydrogen-bond acceptors (Lipinski definition) is 6. The van der Waals surface area contributed by atoms with Crippen LogP contribution < -0.4 is 10.1 Å². The van der Waals surface area contributed by atoms with E-state index in [2.05, 4.69) is 20.3 Å². The van der Waals surface area contributed by atoms with E-state index in [0.29, 0.717) is 5.75 Å². The molecule has 3 aromatic rings. The van der Waals surface area contributed by atoms with E-state index in [1.807, 2.05) is 54.6 Å². The van der Waals surface area contributed by atoms with E-state index in [4.69, 9.17) is 4.74 Å². The minimum absolute atomic E-state index is 0.0586. The second-order valence-corrected chi connectivity index (χ2v) is 5.94. The Labute approximate surface area is 162 Å². The average Bonchev–Trinajstić information content (AvgIpc) is 2.75. The van der Waals surface area contributed by atoms with Crippen molar-refractivity contribution in [3.8, 4) is 16.9 Å². The first-order valence-corrected chi connectivity index (χ1v) is 8.62. The first-order valence-electron chi connectivity index (χ1n) is 8.62. The summed E-state index contributed by atoms with van der Waals surface area (Å²) >= 11 is 0. The second kappa shape index (κ2) is 8.77. The predicted molar refractivity (Wildman–Crippen MR) is 104 cm³/mol. The maximum Gasteiger partial charge on any atom is 0.358 e. The van der Waals surface area contributed by atoms with Crippen LogP contribution in [0.15, 0.2) is 66.7 Å². The van der Waals surface area contributed by atoms with Crippen LogP contribution in [0.2, 0.25) is 0 Å². The Hall–Kier alpha value is -3.74. The molecule has 0 radical (unpaired) electrons. The Morgan fingerprint density at radius 3 is 2.18 bits per heavy atom. The van der Waals surface area contributed by atoms with Crippen molar-refractivity contribution < 1.29 is 19.1 Å². The van der Waals surface area contributed by atoms with Gasteiger partial charge in [0.25, 0.3) is 5.91 Å². The third kappa shape index (κ3) is 4.70. The van der Waals surface area contributed by atoms with Gasteiger partial charge < -0.3 is 14.8 Å². The van der Waals surface area contributed by atoms with E-state index >= 15 is 0 Å². The molecular weight excluding hydrogens is 358 g/mol. The number of hydrogen-bond donors (Lipinski definition) is 1. The van der Waals surface area contributed by atoms with Crippen LogP contribution in [0.3, 0.4) is 0 Å². The average molecular weight is 377 g/mol. The lowest BCUT2D eigenvalue weighted by Crippen LogP contribution is -2.30. The minimum Gasteiger partial charge on any atom is -0.481 e. The van der Waals surface area contributed by atoms with Crippen LogP contribution in [0.4, 0.5) is 5.82 Å². The largest absolute Gasteiger partial charge is 0.481 e. The number of benzene rings is 2. The summed E-state index contributed by atoms with van der Waals surface area (Å²) in [6, 6.07) is 20.4. The summed E-state index contributed by atoms with van der Waals surface area (Å²) in [4.78, 5) is 23.6. The van der Waals surface area contributed by atoms with Crippen LogP contribution in [0.25, 0.3) is 11.1 Å². The quantitative estimate of drug-likeness (QED) is 0.663. The molecule has 1 heterocycles. The summed E-state index contributed by atoms with van der Waals surface area (Å²) in [6.45, 7) is 1.64. The number of anilines is 1. The van der Waals surface area contributed by atoms with Gasteiger partial charge in [0.15, 0.2) is 17.6 Å². The minimum atomic E-state index is -0.746. The van der Waals surface area contributed by atoms with Crippen LogP contribution >= 0.6 is 0 Å². The van der Waals surface area contributed by atoms with Gasteiger partial charge in [-0.05, 0) is 42.3 Å². The van der Waals surface area contributed by atoms with Gasteiger partial charge in [0.2, 0.25) is 0 Å². The summed E-state index contributed by atoms with van der Waals surface area (Å²) in [5.41, 5.74) is 2.23. The molecule has 28 heavy (non-hydrogen) atoms. The smallest absolute Gasteiger partial charge is 0.358 e. The molecule has 0 saturated carbocycles. The molecule has 3 rings (SSSR count). The zero-order valence-corrected chi connectivity index (χ0v) is 15.5. The number of aromatic nitrogens is 2. The van der Waals surface area contributed by atoms with Crippen LogP contribution in [-0.4, -0.2) is 35.3 Å². The molecule has 7 nitrogen and oxygen atoms in total. The second-order valence-electron chi connectivity index (χ2n) is 5.94. The SMILES string of the molecule is COC(=O)c1ccc(NC(=O)C(C)Oc2ccc(-c3ccccc3)cc2)nn1. The zero-order chi connectivity index (χ0) is 19.9. The van der Waals surface area contributed by atoms with Crippen molar-refractivity contribution >= 4 is 17.7 Å². The molecule has 1 unspecified atom stereocenters. The Balaban J connectivity index is 1.59. The zero-order valence-electron chi connectivity index (χ0n) is 15.5. The van der Waals surface area contributed by atoms with Crippen LogP contribution in [0.5, 0.6) is 5.75 Å². The van der Waals surface area contributed by atoms with Crippen molar-refractivity contribution in [3.05, 3.63) is 72.4 Å². The Kier molecular flexibility index (Phi) is 5.96. The van der Waals surface area contributed by atoms with Gasteiger partial charge in [-0.3, -0.25) is 4.79 Å². The standard InChI is InChI=1S/C21H19N3O4/c1-14(20(25)22-19-13-12-18(23-24-19)21(26)27-2)28-17-10-8-16(9-11-17)15-6-4-3-5-7-15/h3-14H,1-2H3,(H,22,24,25). The molecule has 0 fully saturated rings. The molecule has 142 valence electrons. The number of rotatable bonds is 6. The topological polar surface area (TPSA) is 90.4 Å². The number of nitrogens with zero attached hydrogens (tertiary/aromatic N) is 2. The fourth-order valence-corrected chi connectivity index (χ4v) is 2.45. The number of nitrogens with one attached hydrogen (secondary N) is 1. The molecule has 0 aliphatic carbocycles. The third-order valence-corrected chi connectivity index (χ3v) is 3.95. The van der Waals surface area contributed by atoms with Crippen LogP contribution in [-0.2, 0) is 9.53 Å². The Morgan fingerprint density at radius 1 is 0.893 bits per heavy atom. The molecule has 0 bridgehead atoms. The molecule has 1 aromatic heterocycles. The van der Waals surface area contributed by atoms with E-state index in [0.717, 1.165) is 11.1 Å². The van der Waals surface area contributed by atoms with Crippen LogP contribution in [0.1, 0.15) is 17.4 Å². The van der Waals surface area contributed by atoms with Gasteiger partial charge in [-0.15, -0.1) is 10.2 Å². The van der Waals surface area contributed by atoms with Gasteiger partial charge in [-0.2, -0.15) is 0 Å². The first-order chi connectivity index (χ1) is 13.6. The highest BCUT2D eigenvalue weighted by Crippen LogP contribution is 2.22. The number of methoxy groups -OCH3 is 1.